The monoisotopic (exact) mass is 257 g/mol. The zero-order valence-electron chi connectivity index (χ0n) is 10.9. The summed E-state index contributed by atoms with van der Waals surface area (Å²) in [7, 11) is 0. The Kier molecular flexibility index (Phi) is 3.79. The molecule has 2 N–H and O–H groups in total. The normalized spacial score (nSPS) is 19.3. The SMILES string of the molecule is c1ccc(COc2cc(C3CCCNC3)[nH]n2)cc1. The van der Waals surface area contributed by atoms with Crippen LogP contribution in [0.1, 0.15) is 30.0 Å². The summed E-state index contributed by atoms with van der Waals surface area (Å²) in [5.74, 6) is 1.22. The van der Waals surface area contributed by atoms with Gasteiger partial charge in [0.05, 0.1) is 0 Å². The molecule has 1 atom stereocenters. The molecule has 1 unspecified atom stereocenters. The molecule has 1 aromatic heterocycles. The van der Waals surface area contributed by atoms with Gasteiger partial charge in [0.2, 0.25) is 5.88 Å². The molecule has 0 bridgehead atoms. The summed E-state index contributed by atoms with van der Waals surface area (Å²) < 4.78 is 5.70. The first-order valence-electron chi connectivity index (χ1n) is 6.84. The predicted octanol–water partition coefficient (Wildman–Crippen LogP) is 2.46. The molecule has 1 fully saturated rings. The second-order valence-electron chi connectivity index (χ2n) is 4.98. The number of rotatable bonds is 4. The zero-order chi connectivity index (χ0) is 12.9. The van der Waals surface area contributed by atoms with Crippen molar-refractivity contribution in [1.82, 2.24) is 15.5 Å². The maximum atomic E-state index is 5.70. The Morgan fingerprint density at radius 3 is 2.95 bits per heavy atom. The number of ether oxygens (including phenoxy) is 1. The number of nitrogens with zero attached hydrogens (tertiary/aromatic N) is 1. The number of aromatic amines is 1. The van der Waals surface area contributed by atoms with Gasteiger partial charge in [-0.05, 0) is 24.9 Å². The Balaban J connectivity index is 1.58. The maximum absolute atomic E-state index is 5.70. The van der Waals surface area contributed by atoms with Crippen molar-refractivity contribution in [2.45, 2.75) is 25.4 Å². The van der Waals surface area contributed by atoms with Crippen molar-refractivity contribution in [2.75, 3.05) is 13.1 Å². The highest BCUT2D eigenvalue weighted by Crippen LogP contribution is 2.24. The number of nitrogens with one attached hydrogen (secondary N) is 2. The Morgan fingerprint density at radius 2 is 2.16 bits per heavy atom. The van der Waals surface area contributed by atoms with Gasteiger partial charge in [-0.15, -0.1) is 5.10 Å². The van der Waals surface area contributed by atoms with Gasteiger partial charge in [-0.2, -0.15) is 0 Å². The van der Waals surface area contributed by atoms with Crippen molar-refractivity contribution < 1.29 is 4.74 Å². The average molecular weight is 257 g/mol. The van der Waals surface area contributed by atoms with Gasteiger partial charge in [-0.25, -0.2) is 0 Å². The number of piperidine rings is 1. The van der Waals surface area contributed by atoms with Crippen molar-refractivity contribution in [3.05, 3.63) is 47.7 Å². The van der Waals surface area contributed by atoms with Crippen LogP contribution in [-0.2, 0) is 6.61 Å². The van der Waals surface area contributed by atoms with Crippen LogP contribution in [0, 0.1) is 0 Å². The number of H-pyrrole nitrogens is 1. The molecule has 1 aliphatic rings. The molecule has 19 heavy (non-hydrogen) atoms. The zero-order valence-corrected chi connectivity index (χ0v) is 10.9. The minimum absolute atomic E-state index is 0.537. The van der Waals surface area contributed by atoms with Gasteiger partial charge in [0.1, 0.15) is 6.61 Å². The van der Waals surface area contributed by atoms with Gasteiger partial charge < -0.3 is 10.1 Å². The first-order chi connectivity index (χ1) is 9.42. The molecule has 4 heteroatoms. The van der Waals surface area contributed by atoms with E-state index in [4.69, 9.17) is 4.74 Å². The smallest absolute Gasteiger partial charge is 0.233 e. The Hall–Kier alpha value is -1.81. The van der Waals surface area contributed by atoms with E-state index < -0.39 is 0 Å². The molecule has 0 spiro atoms. The fraction of sp³-hybridized carbons (Fsp3) is 0.400. The number of hydrogen-bond acceptors (Lipinski definition) is 3. The van der Waals surface area contributed by atoms with Crippen LogP contribution in [0.3, 0.4) is 0 Å². The van der Waals surface area contributed by atoms with Crippen molar-refractivity contribution in [3.63, 3.8) is 0 Å². The van der Waals surface area contributed by atoms with Gasteiger partial charge in [-0.3, -0.25) is 5.10 Å². The molecule has 1 aliphatic heterocycles. The van der Waals surface area contributed by atoms with Gasteiger partial charge in [0.15, 0.2) is 0 Å². The van der Waals surface area contributed by atoms with E-state index in [2.05, 4.69) is 27.6 Å². The van der Waals surface area contributed by atoms with Crippen LogP contribution >= 0.6 is 0 Å². The molecule has 0 saturated carbocycles. The number of hydrogen-bond donors (Lipinski definition) is 2. The van der Waals surface area contributed by atoms with E-state index in [1.54, 1.807) is 0 Å². The summed E-state index contributed by atoms with van der Waals surface area (Å²) in [4.78, 5) is 0. The van der Waals surface area contributed by atoms with Crippen LogP contribution in [0.15, 0.2) is 36.4 Å². The van der Waals surface area contributed by atoms with Crippen LogP contribution in [0.2, 0.25) is 0 Å². The lowest BCUT2D eigenvalue weighted by Crippen LogP contribution is -2.28. The minimum Gasteiger partial charge on any atom is -0.472 e. The lowest BCUT2D eigenvalue weighted by atomic mass is 9.96. The molecule has 4 nitrogen and oxygen atoms in total. The molecule has 0 radical (unpaired) electrons. The second kappa shape index (κ2) is 5.89. The van der Waals surface area contributed by atoms with Crippen molar-refractivity contribution in [1.29, 1.82) is 0 Å². The molecule has 100 valence electrons. The summed E-state index contributed by atoms with van der Waals surface area (Å²) in [6.45, 7) is 2.72. The van der Waals surface area contributed by atoms with Crippen LogP contribution in [0.4, 0.5) is 0 Å². The van der Waals surface area contributed by atoms with Crippen LogP contribution in [-0.4, -0.2) is 23.3 Å². The largest absolute Gasteiger partial charge is 0.472 e. The fourth-order valence-corrected chi connectivity index (χ4v) is 2.45. The second-order valence-corrected chi connectivity index (χ2v) is 4.98. The van der Waals surface area contributed by atoms with E-state index in [0.29, 0.717) is 18.4 Å². The summed E-state index contributed by atoms with van der Waals surface area (Å²) in [6, 6.07) is 12.2. The van der Waals surface area contributed by atoms with E-state index in [9.17, 15) is 0 Å². The Morgan fingerprint density at radius 1 is 1.26 bits per heavy atom. The highest BCUT2D eigenvalue weighted by Gasteiger charge is 2.17. The van der Waals surface area contributed by atoms with Gasteiger partial charge in [-0.1, -0.05) is 30.3 Å². The van der Waals surface area contributed by atoms with Gasteiger partial charge in [0, 0.05) is 24.2 Å². The number of benzene rings is 1. The van der Waals surface area contributed by atoms with Crippen LogP contribution in [0.5, 0.6) is 5.88 Å². The molecule has 0 aliphatic carbocycles. The predicted molar refractivity (Wildman–Crippen MR) is 74.2 cm³/mol. The van der Waals surface area contributed by atoms with Gasteiger partial charge in [0.25, 0.3) is 0 Å². The topological polar surface area (TPSA) is 49.9 Å². The Bertz CT molecular complexity index is 503. The van der Waals surface area contributed by atoms with Crippen LogP contribution < -0.4 is 10.1 Å². The minimum atomic E-state index is 0.537. The van der Waals surface area contributed by atoms with E-state index in [0.717, 1.165) is 18.7 Å². The van der Waals surface area contributed by atoms with Crippen molar-refractivity contribution in [2.24, 2.45) is 0 Å². The first kappa shape index (κ1) is 12.2. The van der Waals surface area contributed by atoms with E-state index in [1.165, 1.54) is 18.5 Å². The summed E-state index contributed by atoms with van der Waals surface area (Å²) in [5.41, 5.74) is 2.33. The summed E-state index contributed by atoms with van der Waals surface area (Å²) in [5, 5.41) is 10.7. The maximum Gasteiger partial charge on any atom is 0.233 e. The molecular weight excluding hydrogens is 238 g/mol. The van der Waals surface area contributed by atoms with E-state index in [1.807, 2.05) is 24.3 Å². The summed E-state index contributed by atoms with van der Waals surface area (Å²) >= 11 is 0. The molecule has 3 rings (SSSR count). The van der Waals surface area contributed by atoms with Crippen molar-refractivity contribution >= 4 is 0 Å². The first-order valence-corrected chi connectivity index (χ1v) is 6.84. The highest BCUT2D eigenvalue weighted by molar-refractivity contribution is 5.20. The summed E-state index contributed by atoms with van der Waals surface area (Å²) in [6.07, 6.45) is 2.44. The molecule has 2 aromatic rings. The van der Waals surface area contributed by atoms with Crippen LogP contribution in [0.25, 0.3) is 0 Å². The van der Waals surface area contributed by atoms with E-state index >= 15 is 0 Å². The van der Waals surface area contributed by atoms with Crippen molar-refractivity contribution in [3.8, 4) is 5.88 Å². The average Bonchev–Trinajstić information content (AvgIpc) is 2.96. The molecule has 2 heterocycles. The molecule has 1 saturated heterocycles. The lowest BCUT2D eigenvalue weighted by Gasteiger charge is -2.20. The molecule has 1 aromatic carbocycles. The number of aromatic nitrogens is 2. The third kappa shape index (κ3) is 3.15. The molecule has 0 amide bonds. The third-order valence-corrected chi connectivity index (χ3v) is 3.54. The Labute approximate surface area is 113 Å². The standard InChI is InChI=1S/C15H19N3O/c1-2-5-12(6-3-1)11-19-15-9-14(17-18-15)13-7-4-8-16-10-13/h1-3,5-6,9,13,16H,4,7-8,10-11H2,(H,17,18). The fourth-order valence-electron chi connectivity index (χ4n) is 2.45. The lowest BCUT2D eigenvalue weighted by molar-refractivity contribution is 0.293. The van der Waals surface area contributed by atoms with E-state index in [-0.39, 0.29) is 0 Å². The quantitative estimate of drug-likeness (QED) is 0.884. The highest BCUT2D eigenvalue weighted by atomic mass is 16.5. The third-order valence-electron chi connectivity index (χ3n) is 3.54. The van der Waals surface area contributed by atoms with Gasteiger partial charge >= 0.3 is 0 Å². The molecular formula is C15H19N3O.